The van der Waals surface area contributed by atoms with Gasteiger partial charge in [0, 0.05) is 12.5 Å². The molecule has 1 amide bonds. The van der Waals surface area contributed by atoms with Crippen LogP contribution < -0.4 is 11.1 Å². The summed E-state index contributed by atoms with van der Waals surface area (Å²) >= 11 is 0. The number of carbonyl (C=O) groups is 1. The molecule has 0 fully saturated rings. The van der Waals surface area contributed by atoms with Crippen LogP contribution in [-0.2, 0) is 4.79 Å². The van der Waals surface area contributed by atoms with Gasteiger partial charge in [-0.15, -0.1) is 6.42 Å². The Morgan fingerprint density at radius 1 is 1.90 bits per heavy atom. The van der Waals surface area contributed by atoms with Crippen LogP contribution in [0.5, 0.6) is 0 Å². The van der Waals surface area contributed by atoms with Gasteiger partial charge in [0.15, 0.2) is 0 Å². The van der Waals surface area contributed by atoms with Crippen LogP contribution in [0.25, 0.3) is 0 Å². The third-order valence-corrected chi connectivity index (χ3v) is 1.16. The Bertz CT molecular complexity index is 148. The van der Waals surface area contributed by atoms with Gasteiger partial charge in [0.1, 0.15) is 0 Å². The molecule has 56 valence electrons. The molecule has 3 N–H and O–H groups in total. The van der Waals surface area contributed by atoms with Crippen molar-refractivity contribution in [3.05, 3.63) is 0 Å². The van der Waals surface area contributed by atoms with Crippen molar-refractivity contribution in [3.8, 4) is 12.3 Å². The highest BCUT2D eigenvalue weighted by atomic mass is 16.1. The summed E-state index contributed by atoms with van der Waals surface area (Å²) < 4.78 is 0. The molecule has 0 aromatic carbocycles. The fraction of sp³-hybridized carbons (Fsp3) is 0.571. The molecule has 0 aliphatic heterocycles. The van der Waals surface area contributed by atoms with E-state index in [0.717, 1.165) is 0 Å². The number of nitrogens with two attached hydrogens (primary N) is 1. The second-order valence-electron chi connectivity index (χ2n) is 2.14. The first-order chi connectivity index (χ1) is 4.68. The number of primary amides is 1. The molecule has 1 atom stereocenters. The number of hydrogen-bond donors (Lipinski definition) is 2. The van der Waals surface area contributed by atoms with Gasteiger partial charge in [0.05, 0.1) is 6.54 Å². The van der Waals surface area contributed by atoms with Crippen molar-refractivity contribution < 1.29 is 4.79 Å². The zero-order valence-corrected chi connectivity index (χ0v) is 6.05. The van der Waals surface area contributed by atoms with Crippen molar-refractivity contribution in [1.82, 2.24) is 5.32 Å². The summed E-state index contributed by atoms with van der Waals surface area (Å²) in [5.74, 6) is 1.95. The van der Waals surface area contributed by atoms with Crippen molar-refractivity contribution in [1.29, 1.82) is 0 Å². The van der Waals surface area contributed by atoms with E-state index < -0.39 is 0 Å². The van der Waals surface area contributed by atoms with Gasteiger partial charge in [0.25, 0.3) is 0 Å². The van der Waals surface area contributed by atoms with Crippen LogP contribution in [-0.4, -0.2) is 19.0 Å². The fourth-order valence-corrected chi connectivity index (χ4v) is 0.461. The van der Waals surface area contributed by atoms with Crippen LogP contribution in [0.1, 0.15) is 6.92 Å². The highest BCUT2D eigenvalue weighted by molar-refractivity contribution is 5.76. The molecule has 0 saturated carbocycles. The van der Waals surface area contributed by atoms with E-state index in [1.54, 1.807) is 6.92 Å². The number of carbonyl (C=O) groups excluding carboxylic acids is 1. The van der Waals surface area contributed by atoms with Crippen LogP contribution in [0, 0.1) is 18.3 Å². The Labute approximate surface area is 61.0 Å². The minimum atomic E-state index is -0.301. The molecule has 0 bridgehead atoms. The largest absolute Gasteiger partial charge is 0.369 e. The van der Waals surface area contributed by atoms with Crippen LogP contribution in [0.2, 0.25) is 0 Å². The SMILES string of the molecule is C#CCNCC(C)C(N)=O. The quantitative estimate of drug-likeness (QED) is 0.402. The summed E-state index contributed by atoms with van der Waals surface area (Å²) in [6.07, 6.45) is 4.96. The molecular weight excluding hydrogens is 128 g/mol. The van der Waals surface area contributed by atoms with E-state index >= 15 is 0 Å². The van der Waals surface area contributed by atoms with Gasteiger partial charge in [-0.1, -0.05) is 12.8 Å². The van der Waals surface area contributed by atoms with Crippen molar-refractivity contribution in [2.24, 2.45) is 11.7 Å². The topological polar surface area (TPSA) is 55.1 Å². The minimum Gasteiger partial charge on any atom is -0.369 e. The van der Waals surface area contributed by atoms with Crippen molar-refractivity contribution in [3.63, 3.8) is 0 Å². The van der Waals surface area contributed by atoms with Crippen LogP contribution in [0.4, 0.5) is 0 Å². The molecule has 0 rings (SSSR count). The molecule has 0 aliphatic rings. The molecule has 3 heteroatoms. The number of rotatable bonds is 4. The summed E-state index contributed by atoms with van der Waals surface area (Å²) in [6.45, 7) is 2.79. The van der Waals surface area contributed by atoms with Gasteiger partial charge in [-0.25, -0.2) is 0 Å². The molecular formula is C7H12N2O. The first-order valence-electron chi connectivity index (χ1n) is 3.12. The van der Waals surface area contributed by atoms with Crippen LogP contribution >= 0.6 is 0 Å². The standard InChI is InChI=1S/C7H12N2O/c1-3-4-9-5-6(2)7(8)10/h1,6,9H,4-5H2,2H3,(H2,8,10). The predicted molar refractivity (Wildman–Crippen MR) is 40.1 cm³/mol. The Morgan fingerprint density at radius 3 is 2.90 bits per heavy atom. The molecule has 0 heterocycles. The molecule has 0 spiro atoms. The lowest BCUT2D eigenvalue weighted by molar-refractivity contribution is -0.121. The lowest BCUT2D eigenvalue weighted by atomic mass is 10.2. The normalized spacial score (nSPS) is 12.0. The summed E-state index contributed by atoms with van der Waals surface area (Å²) in [5, 5.41) is 2.88. The molecule has 0 radical (unpaired) electrons. The van der Waals surface area contributed by atoms with Crippen LogP contribution in [0.3, 0.4) is 0 Å². The monoisotopic (exact) mass is 140 g/mol. The van der Waals surface area contributed by atoms with Gasteiger partial charge in [-0.05, 0) is 0 Å². The van der Waals surface area contributed by atoms with E-state index in [9.17, 15) is 4.79 Å². The van der Waals surface area contributed by atoms with Gasteiger partial charge in [-0.2, -0.15) is 0 Å². The van der Waals surface area contributed by atoms with Crippen molar-refractivity contribution in [2.45, 2.75) is 6.92 Å². The summed E-state index contributed by atoms with van der Waals surface area (Å²) in [6, 6.07) is 0. The second kappa shape index (κ2) is 4.83. The van der Waals surface area contributed by atoms with Gasteiger partial charge in [0.2, 0.25) is 5.91 Å². The smallest absolute Gasteiger partial charge is 0.221 e. The fourth-order valence-electron chi connectivity index (χ4n) is 0.461. The Hall–Kier alpha value is -1.01. The summed E-state index contributed by atoms with van der Waals surface area (Å²) in [7, 11) is 0. The molecule has 0 aromatic rings. The Kier molecular flexibility index (Phi) is 4.34. The van der Waals surface area contributed by atoms with Crippen molar-refractivity contribution in [2.75, 3.05) is 13.1 Å². The van der Waals surface area contributed by atoms with Gasteiger partial charge >= 0.3 is 0 Å². The number of amides is 1. The number of hydrogen-bond acceptors (Lipinski definition) is 2. The number of nitrogens with one attached hydrogen (secondary N) is 1. The third kappa shape index (κ3) is 3.93. The first-order valence-corrected chi connectivity index (χ1v) is 3.12. The lowest BCUT2D eigenvalue weighted by Gasteiger charge is -2.05. The maximum Gasteiger partial charge on any atom is 0.221 e. The molecule has 0 saturated heterocycles. The minimum absolute atomic E-state index is 0.145. The Balaban J connectivity index is 3.32. The number of terminal acetylenes is 1. The highest BCUT2D eigenvalue weighted by Gasteiger charge is 2.05. The zero-order valence-electron chi connectivity index (χ0n) is 6.05. The van der Waals surface area contributed by atoms with Crippen LogP contribution in [0.15, 0.2) is 0 Å². The van der Waals surface area contributed by atoms with E-state index in [4.69, 9.17) is 12.2 Å². The second-order valence-corrected chi connectivity index (χ2v) is 2.14. The van der Waals surface area contributed by atoms with E-state index in [2.05, 4.69) is 11.2 Å². The Morgan fingerprint density at radius 2 is 2.50 bits per heavy atom. The highest BCUT2D eigenvalue weighted by Crippen LogP contribution is 1.87. The molecule has 1 unspecified atom stereocenters. The maximum absolute atomic E-state index is 10.4. The van der Waals surface area contributed by atoms with E-state index in [0.29, 0.717) is 13.1 Å². The first kappa shape index (κ1) is 8.99. The molecule has 3 nitrogen and oxygen atoms in total. The van der Waals surface area contributed by atoms with E-state index in [-0.39, 0.29) is 11.8 Å². The summed E-state index contributed by atoms with van der Waals surface area (Å²) in [5.41, 5.74) is 4.99. The molecule has 0 aliphatic carbocycles. The molecule has 10 heavy (non-hydrogen) atoms. The van der Waals surface area contributed by atoms with E-state index in [1.807, 2.05) is 0 Å². The average molecular weight is 140 g/mol. The average Bonchev–Trinajstić information content (AvgIpc) is 1.88. The zero-order chi connectivity index (χ0) is 7.98. The third-order valence-electron chi connectivity index (χ3n) is 1.16. The van der Waals surface area contributed by atoms with Gasteiger partial charge in [-0.3, -0.25) is 4.79 Å². The lowest BCUT2D eigenvalue weighted by Crippen LogP contribution is -2.31. The van der Waals surface area contributed by atoms with E-state index in [1.165, 1.54) is 0 Å². The summed E-state index contributed by atoms with van der Waals surface area (Å²) in [4.78, 5) is 10.4. The maximum atomic E-state index is 10.4. The van der Waals surface area contributed by atoms with Crippen molar-refractivity contribution >= 4 is 5.91 Å². The predicted octanol–water partition coefficient (Wildman–Crippen LogP) is -0.669. The molecule has 0 aromatic heterocycles. The van der Waals surface area contributed by atoms with Gasteiger partial charge < -0.3 is 11.1 Å².